The van der Waals surface area contributed by atoms with E-state index in [0.29, 0.717) is 18.5 Å². The Hall–Kier alpha value is -2.20. The van der Waals surface area contributed by atoms with Gasteiger partial charge in [0, 0.05) is 30.9 Å². The summed E-state index contributed by atoms with van der Waals surface area (Å²) in [7, 11) is 0. The Morgan fingerprint density at radius 3 is 2.89 bits per heavy atom. The minimum atomic E-state index is -0.193. The molecule has 2 N–H and O–H groups in total. The lowest BCUT2D eigenvalue weighted by atomic mass is 10.2. The number of aromatic nitrogens is 2. The summed E-state index contributed by atoms with van der Waals surface area (Å²) in [5.41, 5.74) is 8.50. The Kier molecular flexibility index (Phi) is 3.01. The van der Waals surface area contributed by atoms with Gasteiger partial charge in [0.15, 0.2) is 0 Å². The van der Waals surface area contributed by atoms with Crippen molar-refractivity contribution in [2.75, 3.05) is 0 Å². The summed E-state index contributed by atoms with van der Waals surface area (Å²) in [5.74, 6) is -0.193. The van der Waals surface area contributed by atoms with E-state index in [9.17, 15) is 4.39 Å². The molecule has 4 heteroatoms. The largest absolute Gasteiger partial charge is 0.343 e. The average Bonchev–Trinajstić information content (AvgIpc) is 2.84. The van der Waals surface area contributed by atoms with E-state index in [4.69, 9.17) is 5.73 Å². The molecule has 0 amide bonds. The fraction of sp³-hybridized carbons (Fsp3) is 0.133. The zero-order chi connectivity index (χ0) is 13.2. The van der Waals surface area contributed by atoms with Gasteiger partial charge in [-0.25, -0.2) is 4.39 Å². The van der Waals surface area contributed by atoms with Crippen molar-refractivity contribution in [3.05, 3.63) is 65.9 Å². The van der Waals surface area contributed by atoms with E-state index < -0.39 is 0 Å². The SMILES string of the molecule is NCc1ncccc1Cn1ccc2c(F)cccc21. The molecule has 0 spiro atoms. The van der Waals surface area contributed by atoms with Gasteiger partial charge < -0.3 is 10.3 Å². The highest BCUT2D eigenvalue weighted by molar-refractivity contribution is 5.80. The van der Waals surface area contributed by atoms with Crippen molar-refractivity contribution in [2.24, 2.45) is 5.73 Å². The molecule has 0 unspecified atom stereocenters. The van der Waals surface area contributed by atoms with E-state index in [0.717, 1.165) is 16.8 Å². The number of nitrogens with zero attached hydrogens (tertiary/aromatic N) is 2. The molecular formula is C15H14FN3. The van der Waals surface area contributed by atoms with Crippen molar-refractivity contribution in [1.82, 2.24) is 9.55 Å². The predicted molar refractivity (Wildman–Crippen MR) is 73.1 cm³/mol. The van der Waals surface area contributed by atoms with E-state index in [-0.39, 0.29) is 5.82 Å². The maximum Gasteiger partial charge on any atom is 0.132 e. The summed E-state index contributed by atoms with van der Waals surface area (Å²) in [4.78, 5) is 4.26. The van der Waals surface area contributed by atoms with Crippen LogP contribution in [0.5, 0.6) is 0 Å². The van der Waals surface area contributed by atoms with Crippen LogP contribution >= 0.6 is 0 Å². The lowest BCUT2D eigenvalue weighted by Crippen LogP contribution is -2.07. The van der Waals surface area contributed by atoms with E-state index in [1.165, 1.54) is 6.07 Å². The Balaban J connectivity index is 2.04. The van der Waals surface area contributed by atoms with Crippen LogP contribution < -0.4 is 5.73 Å². The Morgan fingerprint density at radius 2 is 2.05 bits per heavy atom. The maximum atomic E-state index is 13.6. The van der Waals surface area contributed by atoms with E-state index in [1.807, 2.05) is 29.0 Å². The van der Waals surface area contributed by atoms with Gasteiger partial charge in [-0.05, 0) is 29.8 Å². The average molecular weight is 255 g/mol. The third-order valence-electron chi connectivity index (χ3n) is 3.28. The molecule has 3 rings (SSSR count). The van der Waals surface area contributed by atoms with Gasteiger partial charge in [-0.1, -0.05) is 12.1 Å². The van der Waals surface area contributed by atoms with Crippen LogP contribution in [0.3, 0.4) is 0 Å². The molecule has 2 aromatic heterocycles. The number of rotatable bonds is 3. The van der Waals surface area contributed by atoms with Gasteiger partial charge in [-0.2, -0.15) is 0 Å². The normalized spacial score (nSPS) is 11.1. The van der Waals surface area contributed by atoms with Gasteiger partial charge in [0.25, 0.3) is 0 Å². The Morgan fingerprint density at radius 1 is 1.16 bits per heavy atom. The molecule has 2 heterocycles. The highest BCUT2D eigenvalue weighted by Gasteiger charge is 2.07. The summed E-state index contributed by atoms with van der Waals surface area (Å²) in [6.45, 7) is 1.05. The molecule has 1 aromatic carbocycles. The number of fused-ring (bicyclic) bond motifs is 1. The quantitative estimate of drug-likeness (QED) is 0.782. The van der Waals surface area contributed by atoms with Crippen molar-refractivity contribution < 1.29 is 4.39 Å². The summed E-state index contributed by atoms with van der Waals surface area (Å²) >= 11 is 0. The monoisotopic (exact) mass is 255 g/mol. The highest BCUT2D eigenvalue weighted by atomic mass is 19.1. The lowest BCUT2D eigenvalue weighted by Gasteiger charge is -2.09. The van der Waals surface area contributed by atoms with Crippen LogP contribution in [0.1, 0.15) is 11.3 Å². The second kappa shape index (κ2) is 4.82. The first-order valence-corrected chi connectivity index (χ1v) is 6.16. The minimum Gasteiger partial charge on any atom is -0.343 e. The molecule has 0 bridgehead atoms. The third kappa shape index (κ3) is 2.11. The molecular weight excluding hydrogens is 241 g/mol. The molecule has 0 radical (unpaired) electrons. The van der Waals surface area contributed by atoms with Crippen LogP contribution in [0, 0.1) is 5.82 Å². The van der Waals surface area contributed by atoms with Gasteiger partial charge in [-0.15, -0.1) is 0 Å². The second-order valence-corrected chi connectivity index (χ2v) is 4.43. The van der Waals surface area contributed by atoms with Crippen LogP contribution in [0.25, 0.3) is 10.9 Å². The topological polar surface area (TPSA) is 43.8 Å². The summed E-state index contributed by atoms with van der Waals surface area (Å²) < 4.78 is 15.6. The Labute approximate surface area is 110 Å². The van der Waals surface area contributed by atoms with Crippen molar-refractivity contribution in [1.29, 1.82) is 0 Å². The first-order chi connectivity index (χ1) is 9.29. The van der Waals surface area contributed by atoms with Gasteiger partial charge in [0.05, 0.1) is 11.2 Å². The van der Waals surface area contributed by atoms with Crippen LogP contribution in [-0.4, -0.2) is 9.55 Å². The standard InChI is InChI=1S/C15H14FN3/c16-13-4-1-5-15-12(13)6-8-19(15)10-11-3-2-7-18-14(11)9-17/h1-8H,9-10,17H2. The van der Waals surface area contributed by atoms with Crippen LogP contribution in [-0.2, 0) is 13.1 Å². The zero-order valence-corrected chi connectivity index (χ0v) is 10.4. The fourth-order valence-corrected chi connectivity index (χ4v) is 2.31. The van der Waals surface area contributed by atoms with E-state index in [2.05, 4.69) is 4.98 Å². The summed E-state index contributed by atoms with van der Waals surface area (Å²) in [5, 5.41) is 0.640. The maximum absolute atomic E-state index is 13.6. The molecule has 19 heavy (non-hydrogen) atoms. The van der Waals surface area contributed by atoms with E-state index >= 15 is 0 Å². The molecule has 0 aliphatic rings. The Bertz CT molecular complexity index is 718. The number of hydrogen-bond acceptors (Lipinski definition) is 2. The van der Waals surface area contributed by atoms with Gasteiger partial charge in [0.2, 0.25) is 0 Å². The van der Waals surface area contributed by atoms with Crippen LogP contribution in [0.15, 0.2) is 48.8 Å². The smallest absolute Gasteiger partial charge is 0.132 e. The van der Waals surface area contributed by atoms with Crippen molar-refractivity contribution in [3.8, 4) is 0 Å². The molecule has 0 fully saturated rings. The zero-order valence-electron chi connectivity index (χ0n) is 10.4. The molecule has 0 aliphatic heterocycles. The molecule has 0 saturated carbocycles. The number of nitrogens with two attached hydrogens (primary N) is 1. The second-order valence-electron chi connectivity index (χ2n) is 4.43. The third-order valence-corrected chi connectivity index (χ3v) is 3.28. The first kappa shape index (κ1) is 11.9. The van der Waals surface area contributed by atoms with Gasteiger partial charge in [0.1, 0.15) is 5.82 Å². The molecule has 0 atom stereocenters. The van der Waals surface area contributed by atoms with Gasteiger partial charge >= 0.3 is 0 Å². The highest BCUT2D eigenvalue weighted by Crippen LogP contribution is 2.20. The number of halogens is 1. The molecule has 3 aromatic rings. The fourth-order valence-electron chi connectivity index (χ4n) is 2.31. The molecule has 0 saturated heterocycles. The summed E-state index contributed by atoms with van der Waals surface area (Å²) in [6, 6.07) is 10.8. The number of hydrogen-bond donors (Lipinski definition) is 1. The molecule has 0 aliphatic carbocycles. The molecule has 3 nitrogen and oxygen atoms in total. The van der Waals surface area contributed by atoms with Crippen molar-refractivity contribution >= 4 is 10.9 Å². The number of pyridine rings is 1. The van der Waals surface area contributed by atoms with Crippen molar-refractivity contribution in [2.45, 2.75) is 13.1 Å². The van der Waals surface area contributed by atoms with E-state index in [1.54, 1.807) is 18.3 Å². The van der Waals surface area contributed by atoms with Crippen LogP contribution in [0.4, 0.5) is 4.39 Å². The predicted octanol–water partition coefficient (Wildman–Crippen LogP) is 2.68. The lowest BCUT2D eigenvalue weighted by molar-refractivity contribution is 0.639. The number of benzene rings is 1. The van der Waals surface area contributed by atoms with Crippen molar-refractivity contribution in [3.63, 3.8) is 0 Å². The van der Waals surface area contributed by atoms with Crippen LogP contribution in [0.2, 0.25) is 0 Å². The minimum absolute atomic E-state index is 0.193. The summed E-state index contributed by atoms with van der Waals surface area (Å²) in [6.07, 6.45) is 3.63. The first-order valence-electron chi connectivity index (χ1n) is 6.16. The molecule has 96 valence electrons. The van der Waals surface area contributed by atoms with Gasteiger partial charge in [-0.3, -0.25) is 4.98 Å².